The number of hydrogen-bond donors (Lipinski definition) is 1. The number of anilines is 1. The molecule has 0 bridgehead atoms. The van der Waals surface area contributed by atoms with E-state index >= 15 is 0 Å². The molecule has 168 valence electrons. The van der Waals surface area contributed by atoms with Crippen LogP contribution in [0.1, 0.15) is 36.0 Å². The summed E-state index contributed by atoms with van der Waals surface area (Å²) in [6.07, 6.45) is 3.16. The maximum atomic E-state index is 13.7. The highest BCUT2D eigenvalue weighted by molar-refractivity contribution is 6.02. The van der Waals surface area contributed by atoms with Crippen LogP contribution in [0.2, 0.25) is 0 Å². The maximum absolute atomic E-state index is 13.7. The highest BCUT2D eigenvalue weighted by Crippen LogP contribution is 2.33. The van der Waals surface area contributed by atoms with Gasteiger partial charge in [-0.3, -0.25) is 14.4 Å². The summed E-state index contributed by atoms with van der Waals surface area (Å²) < 4.78 is 24.5. The van der Waals surface area contributed by atoms with Crippen molar-refractivity contribution in [1.29, 1.82) is 0 Å². The zero-order valence-electron chi connectivity index (χ0n) is 17.6. The molecule has 0 saturated heterocycles. The Hall–Kier alpha value is -3.42. The minimum absolute atomic E-state index is 0.00101. The highest BCUT2D eigenvalue weighted by atomic mass is 19.1. The molecule has 1 aliphatic carbocycles. The lowest BCUT2D eigenvalue weighted by Gasteiger charge is -2.29. The smallest absolute Gasteiger partial charge is 0.265 e. The van der Waals surface area contributed by atoms with E-state index in [1.807, 2.05) is 0 Å². The van der Waals surface area contributed by atoms with Gasteiger partial charge in [-0.2, -0.15) is 0 Å². The first kappa shape index (κ1) is 21.8. The van der Waals surface area contributed by atoms with Crippen molar-refractivity contribution in [3.8, 4) is 11.5 Å². The molecule has 1 aliphatic heterocycles. The van der Waals surface area contributed by atoms with Crippen molar-refractivity contribution in [3.05, 3.63) is 53.8 Å². The van der Waals surface area contributed by atoms with E-state index in [0.29, 0.717) is 42.3 Å². The third-order valence-electron chi connectivity index (χ3n) is 5.49. The number of para-hydroxylation sites is 1. The molecule has 7 nitrogen and oxygen atoms in total. The van der Waals surface area contributed by atoms with Crippen LogP contribution >= 0.6 is 0 Å². The van der Waals surface area contributed by atoms with Crippen molar-refractivity contribution in [2.75, 3.05) is 31.2 Å². The first-order chi connectivity index (χ1) is 15.5. The second-order valence-electron chi connectivity index (χ2n) is 8.01. The molecule has 0 radical (unpaired) electrons. The fourth-order valence-corrected chi connectivity index (χ4v) is 3.48. The number of fused-ring (bicyclic) bond motifs is 1. The van der Waals surface area contributed by atoms with Crippen LogP contribution in [-0.2, 0) is 9.59 Å². The monoisotopic (exact) mass is 440 g/mol. The second-order valence-corrected chi connectivity index (χ2v) is 8.01. The summed E-state index contributed by atoms with van der Waals surface area (Å²) >= 11 is 0. The van der Waals surface area contributed by atoms with Crippen LogP contribution in [0, 0.1) is 11.7 Å². The number of nitrogens with one attached hydrogen (secondary N) is 1. The molecule has 2 amide bonds. The average molecular weight is 440 g/mol. The third kappa shape index (κ3) is 5.43. The Balaban J connectivity index is 1.37. The Labute approximate surface area is 185 Å². The van der Waals surface area contributed by atoms with Crippen molar-refractivity contribution in [3.63, 3.8) is 0 Å². The normalized spacial score (nSPS) is 15.0. The SMILES string of the molecule is O=C(CCCN1C(=O)COc2ccc(C(=O)COc3ccccc3F)cc21)NCC1CC1. The molecule has 0 spiro atoms. The van der Waals surface area contributed by atoms with Crippen molar-refractivity contribution in [2.24, 2.45) is 5.92 Å². The topological polar surface area (TPSA) is 84.9 Å². The van der Waals surface area contributed by atoms with Crippen molar-refractivity contribution in [2.45, 2.75) is 25.7 Å². The summed E-state index contributed by atoms with van der Waals surface area (Å²) in [5.74, 6) is -0.0426. The number of halogens is 1. The molecule has 1 N–H and O–H groups in total. The molecule has 0 atom stereocenters. The fourth-order valence-electron chi connectivity index (χ4n) is 3.48. The van der Waals surface area contributed by atoms with E-state index in [-0.39, 0.29) is 36.6 Å². The number of rotatable bonds is 10. The van der Waals surface area contributed by atoms with E-state index in [0.717, 1.165) is 6.54 Å². The van der Waals surface area contributed by atoms with E-state index < -0.39 is 5.82 Å². The average Bonchev–Trinajstić information content (AvgIpc) is 3.62. The second kappa shape index (κ2) is 9.80. The molecule has 2 aromatic carbocycles. The summed E-state index contributed by atoms with van der Waals surface area (Å²) in [4.78, 5) is 38.5. The maximum Gasteiger partial charge on any atom is 0.265 e. The molecule has 1 heterocycles. The number of carbonyl (C=O) groups excluding carboxylic acids is 3. The van der Waals surface area contributed by atoms with Gasteiger partial charge in [0.05, 0.1) is 5.69 Å². The summed E-state index contributed by atoms with van der Waals surface area (Å²) in [5.41, 5.74) is 0.807. The molecular weight excluding hydrogens is 415 g/mol. The number of amides is 2. The third-order valence-corrected chi connectivity index (χ3v) is 5.49. The number of ketones is 1. The van der Waals surface area contributed by atoms with Gasteiger partial charge in [0.25, 0.3) is 5.91 Å². The van der Waals surface area contributed by atoms with Gasteiger partial charge in [-0.05, 0) is 55.5 Å². The summed E-state index contributed by atoms with van der Waals surface area (Å²) in [7, 11) is 0. The Kier molecular flexibility index (Phi) is 6.68. The van der Waals surface area contributed by atoms with Crippen LogP contribution in [0.5, 0.6) is 11.5 Å². The standard InChI is InChI=1S/C24H25FN2O5/c25-18-4-1-2-5-21(18)31-14-20(28)17-9-10-22-19(12-17)27(24(30)15-32-22)11-3-6-23(29)26-13-16-7-8-16/h1-2,4-5,9-10,12,16H,3,6-8,11,13-15H2,(H,26,29). The van der Waals surface area contributed by atoms with Crippen molar-refractivity contribution >= 4 is 23.3 Å². The zero-order valence-corrected chi connectivity index (χ0v) is 17.6. The molecule has 4 rings (SSSR count). The highest BCUT2D eigenvalue weighted by Gasteiger charge is 2.27. The fraction of sp³-hybridized carbons (Fsp3) is 0.375. The van der Waals surface area contributed by atoms with Gasteiger partial charge >= 0.3 is 0 Å². The molecule has 0 unspecified atom stereocenters. The molecule has 1 saturated carbocycles. The number of ether oxygens (including phenoxy) is 2. The van der Waals surface area contributed by atoms with Gasteiger partial charge in [-0.1, -0.05) is 12.1 Å². The van der Waals surface area contributed by atoms with Crippen molar-refractivity contribution < 1.29 is 28.2 Å². The van der Waals surface area contributed by atoms with Gasteiger partial charge in [-0.25, -0.2) is 4.39 Å². The van der Waals surface area contributed by atoms with E-state index in [9.17, 15) is 18.8 Å². The lowest BCUT2D eigenvalue weighted by Crippen LogP contribution is -2.40. The van der Waals surface area contributed by atoms with Crippen LogP contribution in [0.25, 0.3) is 0 Å². The quantitative estimate of drug-likeness (QED) is 0.574. The summed E-state index contributed by atoms with van der Waals surface area (Å²) in [6, 6.07) is 10.7. The van der Waals surface area contributed by atoms with E-state index in [1.165, 1.54) is 31.0 Å². The minimum Gasteiger partial charge on any atom is -0.482 e. The van der Waals surface area contributed by atoms with E-state index in [2.05, 4.69) is 5.32 Å². The molecule has 0 aromatic heterocycles. The predicted molar refractivity (Wildman–Crippen MR) is 115 cm³/mol. The Morgan fingerprint density at radius 3 is 2.78 bits per heavy atom. The lowest BCUT2D eigenvalue weighted by molar-refractivity contribution is -0.122. The number of benzene rings is 2. The Morgan fingerprint density at radius 2 is 2.00 bits per heavy atom. The molecule has 2 aliphatic rings. The van der Waals surface area contributed by atoms with Crippen LogP contribution in [0.3, 0.4) is 0 Å². The van der Waals surface area contributed by atoms with E-state index in [4.69, 9.17) is 9.47 Å². The lowest BCUT2D eigenvalue weighted by atomic mass is 10.1. The van der Waals surface area contributed by atoms with Crippen LogP contribution in [-0.4, -0.2) is 43.9 Å². The number of hydrogen-bond acceptors (Lipinski definition) is 5. The van der Waals surface area contributed by atoms with Gasteiger partial charge in [0.1, 0.15) is 5.75 Å². The van der Waals surface area contributed by atoms with Crippen LogP contribution in [0.15, 0.2) is 42.5 Å². The largest absolute Gasteiger partial charge is 0.482 e. The van der Waals surface area contributed by atoms with Crippen molar-refractivity contribution in [1.82, 2.24) is 5.32 Å². The molecule has 1 fully saturated rings. The zero-order chi connectivity index (χ0) is 22.5. The molecule has 32 heavy (non-hydrogen) atoms. The van der Waals surface area contributed by atoms with Gasteiger partial charge in [0.15, 0.2) is 30.6 Å². The first-order valence-electron chi connectivity index (χ1n) is 10.8. The number of Topliss-reactive ketones (excluding diaryl/α,β-unsaturated/α-hetero) is 1. The Bertz CT molecular complexity index is 1020. The summed E-state index contributed by atoms with van der Waals surface area (Å²) in [6.45, 7) is 0.633. The molecular formula is C24H25FN2O5. The Morgan fingerprint density at radius 1 is 1.19 bits per heavy atom. The predicted octanol–water partition coefficient (Wildman–Crippen LogP) is 3.12. The van der Waals surface area contributed by atoms with E-state index in [1.54, 1.807) is 29.2 Å². The van der Waals surface area contributed by atoms with Crippen LogP contribution < -0.4 is 19.7 Å². The first-order valence-corrected chi connectivity index (χ1v) is 10.8. The van der Waals surface area contributed by atoms with Gasteiger partial charge < -0.3 is 19.7 Å². The summed E-state index contributed by atoms with van der Waals surface area (Å²) in [5, 5.41) is 2.92. The number of nitrogens with zero attached hydrogens (tertiary/aromatic N) is 1. The number of carbonyl (C=O) groups is 3. The van der Waals surface area contributed by atoms with Crippen LogP contribution in [0.4, 0.5) is 10.1 Å². The molecule has 2 aromatic rings. The van der Waals surface area contributed by atoms with Gasteiger partial charge in [0.2, 0.25) is 5.91 Å². The minimum atomic E-state index is -0.544. The van der Waals surface area contributed by atoms with Gasteiger partial charge in [0, 0.05) is 25.1 Å². The molecule has 8 heteroatoms. The van der Waals surface area contributed by atoms with Gasteiger partial charge in [-0.15, -0.1) is 0 Å².